The van der Waals surface area contributed by atoms with Gasteiger partial charge in [-0.05, 0) is 36.2 Å². The molecule has 116 valence electrons. The number of anilines is 1. The maximum atomic E-state index is 14.4. The fourth-order valence-corrected chi connectivity index (χ4v) is 3.05. The van der Waals surface area contributed by atoms with Gasteiger partial charge < -0.3 is 10.0 Å². The molecular formula is C18H15FN2O2. The van der Waals surface area contributed by atoms with Gasteiger partial charge in [-0.25, -0.2) is 9.18 Å². The Labute approximate surface area is 133 Å². The number of carboxylic acid groups (broad SMARTS) is 1. The van der Waals surface area contributed by atoms with Crippen molar-refractivity contribution in [1.82, 2.24) is 0 Å². The van der Waals surface area contributed by atoms with Crippen LogP contribution in [0.5, 0.6) is 0 Å². The molecule has 1 heterocycles. The molecule has 1 N–H and O–H groups in total. The van der Waals surface area contributed by atoms with Crippen molar-refractivity contribution in [1.29, 1.82) is 5.26 Å². The second-order valence-electron chi connectivity index (χ2n) is 5.61. The largest absolute Gasteiger partial charge is 0.478 e. The molecule has 5 heteroatoms. The van der Waals surface area contributed by atoms with E-state index in [0.717, 1.165) is 18.7 Å². The number of nitrogens with zero attached hydrogens (tertiary/aromatic N) is 2. The van der Waals surface area contributed by atoms with Gasteiger partial charge in [0.2, 0.25) is 0 Å². The average Bonchev–Trinajstić information content (AvgIpc) is 3.04. The molecule has 0 radical (unpaired) electrons. The summed E-state index contributed by atoms with van der Waals surface area (Å²) < 4.78 is 14.4. The molecule has 1 saturated heterocycles. The first-order valence-corrected chi connectivity index (χ1v) is 7.37. The average molecular weight is 310 g/mol. The number of halogens is 1. The second-order valence-corrected chi connectivity index (χ2v) is 5.61. The normalized spacial score (nSPS) is 17.0. The number of aromatic carboxylic acids is 1. The summed E-state index contributed by atoms with van der Waals surface area (Å²) in [6.45, 7) is 1.35. The van der Waals surface area contributed by atoms with E-state index in [1.54, 1.807) is 18.2 Å². The molecule has 23 heavy (non-hydrogen) atoms. The van der Waals surface area contributed by atoms with Gasteiger partial charge in [-0.2, -0.15) is 5.26 Å². The van der Waals surface area contributed by atoms with Crippen LogP contribution in [0.1, 0.15) is 33.8 Å². The lowest BCUT2D eigenvalue weighted by atomic mass is 9.96. The number of nitriles is 1. The number of rotatable bonds is 3. The molecule has 3 rings (SSSR count). The van der Waals surface area contributed by atoms with Gasteiger partial charge in [0, 0.05) is 24.7 Å². The maximum absolute atomic E-state index is 14.4. The third-order valence-corrected chi connectivity index (χ3v) is 4.23. The van der Waals surface area contributed by atoms with Crippen molar-refractivity contribution in [3.63, 3.8) is 0 Å². The van der Waals surface area contributed by atoms with E-state index >= 15 is 0 Å². The predicted octanol–water partition coefficient (Wildman–Crippen LogP) is 3.39. The van der Waals surface area contributed by atoms with Crippen LogP contribution < -0.4 is 4.90 Å². The van der Waals surface area contributed by atoms with Crippen molar-refractivity contribution < 1.29 is 14.3 Å². The zero-order chi connectivity index (χ0) is 16.4. The first-order valence-electron chi connectivity index (χ1n) is 7.37. The molecule has 1 aliphatic rings. The fraction of sp³-hybridized carbons (Fsp3) is 0.222. The Morgan fingerprint density at radius 3 is 2.83 bits per heavy atom. The monoisotopic (exact) mass is 310 g/mol. The van der Waals surface area contributed by atoms with Crippen LogP contribution >= 0.6 is 0 Å². The number of hydrogen-bond acceptors (Lipinski definition) is 3. The van der Waals surface area contributed by atoms with Gasteiger partial charge in [0.25, 0.3) is 0 Å². The van der Waals surface area contributed by atoms with Crippen molar-refractivity contribution in [2.45, 2.75) is 12.3 Å². The molecule has 0 bridgehead atoms. The van der Waals surface area contributed by atoms with Crippen LogP contribution in [0.25, 0.3) is 0 Å². The maximum Gasteiger partial charge on any atom is 0.338 e. The minimum absolute atomic E-state index is 0.0555. The summed E-state index contributed by atoms with van der Waals surface area (Å²) in [5.41, 5.74) is 1.68. The highest BCUT2D eigenvalue weighted by Gasteiger charge is 2.28. The quantitative estimate of drug-likeness (QED) is 0.944. The van der Waals surface area contributed by atoms with Crippen molar-refractivity contribution in [3.8, 4) is 6.07 Å². The highest BCUT2D eigenvalue weighted by molar-refractivity contribution is 5.88. The molecule has 1 aliphatic heterocycles. The third kappa shape index (κ3) is 2.88. The Hall–Kier alpha value is -2.87. The van der Waals surface area contributed by atoms with Crippen molar-refractivity contribution in [2.75, 3.05) is 18.0 Å². The lowest BCUT2D eigenvalue weighted by Gasteiger charge is -2.19. The Morgan fingerprint density at radius 1 is 1.30 bits per heavy atom. The topological polar surface area (TPSA) is 64.3 Å². The van der Waals surface area contributed by atoms with Crippen LogP contribution in [0.2, 0.25) is 0 Å². The number of benzene rings is 2. The minimum Gasteiger partial charge on any atom is -0.478 e. The summed E-state index contributed by atoms with van der Waals surface area (Å²) in [6.07, 6.45) is 0.747. The highest BCUT2D eigenvalue weighted by atomic mass is 19.1. The first kappa shape index (κ1) is 15.0. The second kappa shape index (κ2) is 6.09. The molecule has 1 fully saturated rings. The van der Waals surface area contributed by atoms with Crippen LogP contribution in [-0.4, -0.2) is 24.2 Å². The van der Waals surface area contributed by atoms with E-state index in [1.165, 1.54) is 6.07 Å². The van der Waals surface area contributed by atoms with E-state index in [9.17, 15) is 9.18 Å². The summed E-state index contributed by atoms with van der Waals surface area (Å²) in [5, 5.41) is 18.0. The Balaban J connectivity index is 1.84. The van der Waals surface area contributed by atoms with E-state index in [-0.39, 0.29) is 11.5 Å². The molecule has 0 amide bonds. The van der Waals surface area contributed by atoms with Gasteiger partial charge >= 0.3 is 5.97 Å². The zero-order valence-corrected chi connectivity index (χ0v) is 12.4. The van der Waals surface area contributed by atoms with Crippen LogP contribution in [0, 0.1) is 17.1 Å². The molecule has 0 saturated carbocycles. The summed E-state index contributed by atoms with van der Waals surface area (Å²) in [7, 11) is 0. The van der Waals surface area contributed by atoms with Crippen molar-refractivity contribution >= 4 is 11.7 Å². The summed E-state index contributed by atoms with van der Waals surface area (Å²) in [4.78, 5) is 13.2. The first-order chi connectivity index (χ1) is 11.1. The molecule has 0 aliphatic carbocycles. The Bertz CT molecular complexity index is 798. The van der Waals surface area contributed by atoms with Crippen LogP contribution in [0.15, 0.2) is 42.5 Å². The highest BCUT2D eigenvalue weighted by Crippen LogP contribution is 2.33. The molecule has 0 aromatic heterocycles. The van der Waals surface area contributed by atoms with Crippen molar-refractivity contribution in [3.05, 3.63) is 65.0 Å². The zero-order valence-electron chi connectivity index (χ0n) is 12.4. The van der Waals surface area contributed by atoms with Gasteiger partial charge in [0.15, 0.2) is 0 Å². The molecule has 0 spiro atoms. The van der Waals surface area contributed by atoms with E-state index in [0.29, 0.717) is 17.7 Å². The number of carboxylic acids is 1. The van der Waals surface area contributed by atoms with E-state index in [1.807, 2.05) is 18.2 Å². The van der Waals surface area contributed by atoms with E-state index in [2.05, 4.69) is 11.0 Å². The Morgan fingerprint density at radius 2 is 2.09 bits per heavy atom. The minimum atomic E-state index is -1.25. The molecule has 2 aromatic rings. The van der Waals surface area contributed by atoms with Gasteiger partial charge in [0.05, 0.1) is 17.2 Å². The van der Waals surface area contributed by atoms with Crippen molar-refractivity contribution in [2.24, 2.45) is 0 Å². The molecule has 2 aromatic carbocycles. The van der Waals surface area contributed by atoms with Crippen LogP contribution in [0.3, 0.4) is 0 Å². The van der Waals surface area contributed by atoms with Gasteiger partial charge in [-0.15, -0.1) is 0 Å². The van der Waals surface area contributed by atoms with Crippen LogP contribution in [-0.2, 0) is 0 Å². The lowest BCUT2D eigenvalue weighted by molar-refractivity contribution is 0.0691. The third-order valence-electron chi connectivity index (χ3n) is 4.23. The molecule has 4 nitrogen and oxygen atoms in total. The molecular weight excluding hydrogens is 295 g/mol. The van der Waals surface area contributed by atoms with E-state index < -0.39 is 11.8 Å². The number of carbonyl (C=O) groups is 1. The molecule has 1 unspecified atom stereocenters. The standard InChI is InChI=1S/C18H15FN2O2/c19-17-15(5-2-6-16(17)18(22)23)13-7-8-21(11-13)14-4-1-3-12(9-14)10-20/h1-6,9,13H,7-8,11H2,(H,22,23). The van der Waals surface area contributed by atoms with Gasteiger partial charge in [0.1, 0.15) is 5.82 Å². The summed E-state index contributed by atoms with van der Waals surface area (Å²) in [5.74, 6) is -1.95. The molecule has 1 atom stereocenters. The van der Waals surface area contributed by atoms with Crippen LogP contribution in [0.4, 0.5) is 10.1 Å². The smallest absolute Gasteiger partial charge is 0.338 e. The van der Waals surface area contributed by atoms with Gasteiger partial charge in [-0.3, -0.25) is 0 Å². The van der Waals surface area contributed by atoms with Gasteiger partial charge in [-0.1, -0.05) is 18.2 Å². The summed E-state index contributed by atoms with van der Waals surface area (Å²) >= 11 is 0. The number of hydrogen-bond donors (Lipinski definition) is 1. The lowest BCUT2D eigenvalue weighted by Crippen LogP contribution is -2.19. The fourth-order valence-electron chi connectivity index (χ4n) is 3.05. The predicted molar refractivity (Wildman–Crippen MR) is 84.1 cm³/mol. The van der Waals surface area contributed by atoms with E-state index in [4.69, 9.17) is 10.4 Å². The Kier molecular flexibility index (Phi) is 3.98. The SMILES string of the molecule is N#Cc1cccc(N2CCC(c3cccc(C(=O)O)c3F)C2)c1. The summed E-state index contributed by atoms with van der Waals surface area (Å²) in [6, 6.07) is 13.9.